The molecule has 112 valence electrons. The van der Waals surface area contributed by atoms with Gasteiger partial charge in [0.2, 0.25) is 0 Å². The van der Waals surface area contributed by atoms with E-state index in [1.807, 2.05) is 12.1 Å². The lowest BCUT2D eigenvalue weighted by molar-refractivity contribution is 0.940. The maximum Gasteiger partial charge on any atom is 0.355 e. The predicted octanol–water partition coefficient (Wildman–Crippen LogP) is 3.41. The molecule has 0 saturated heterocycles. The zero-order valence-electron chi connectivity index (χ0n) is 11.8. The quantitative estimate of drug-likeness (QED) is 0.798. The summed E-state index contributed by atoms with van der Waals surface area (Å²) in [5.41, 5.74) is 0.865. The molecule has 0 aliphatic heterocycles. The molecule has 0 unspecified atom stereocenters. The normalized spacial score (nSPS) is 14.5. The molecule has 0 radical (unpaired) electrons. The number of thiazole rings is 1. The number of aromatic nitrogens is 3. The van der Waals surface area contributed by atoms with Gasteiger partial charge in [-0.3, -0.25) is 0 Å². The van der Waals surface area contributed by atoms with Gasteiger partial charge in [0, 0.05) is 13.0 Å². The molecule has 0 atom stereocenters. The highest BCUT2D eigenvalue weighted by Gasteiger charge is 2.29. The molecule has 1 fully saturated rings. The highest BCUT2D eigenvalue weighted by atomic mass is 35.5. The summed E-state index contributed by atoms with van der Waals surface area (Å²) in [5.74, 6) is 1.10. The summed E-state index contributed by atoms with van der Waals surface area (Å²) in [6, 6.07) is 7.25. The summed E-state index contributed by atoms with van der Waals surface area (Å²) in [5, 5.41) is 4.56. The minimum atomic E-state index is -0.377. The second kappa shape index (κ2) is 5.07. The molecule has 1 aromatic carbocycles. The first-order valence-corrected chi connectivity index (χ1v) is 8.24. The fraction of sp³-hybridized carbons (Fsp3) is 0.267. The van der Waals surface area contributed by atoms with Gasteiger partial charge in [-0.15, -0.1) is 11.3 Å². The average molecular weight is 333 g/mol. The van der Waals surface area contributed by atoms with E-state index >= 15 is 0 Å². The third kappa shape index (κ3) is 2.10. The van der Waals surface area contributed by atoms with E-state index in [-0.39, 0.29) is 5.69 Å². The lowest BCUT2D eigenvalue weighted by Crippen LogP contribution is -2.23. The molecule has 0 amide bonds. The second-order valence-corrected chi connectivity index (χ2v) is 6.70. The van der Waals surface area contributed by atoms with E-state index in [1.165, 1.54) is 17.4 Å². The van der Waals surface area contributed by atoms with Crippen LogP contribution >= 0.6 is 22.9 Å². The Kier molecular flexibility index (Phi) is 3.16. The van der Waals surface area contributed by atoms with Crippen molar-refractivity contribution in [3.63, 3.8) is 0 Å². The maximum absolute atomic E-state index is 12.5. The molecule has 2 heterocycles. The number of para-hydroxylation sites is 1. The van der Waals surface area contributed by atoms with Crippen LogP contribution in [0.3, 0.4) is 0 Å². The van der Waals surface area contributed by atoms with Gasteiger partial charge in [-0.2, -0.15) is 4.98 Å². The molecular weight excluding hydrogens is 320 g/mol. The van der Waals surface area contributed by atoms with Gasteiger partial charge in [-0.05, 0) is 25.0 Å². The second-order valence-electron chi connectivity index (χ2n) is 5.26. The van der Waals surface area contributed by atoms with Crippen LogP contribution < -0.4 is 11.0 Å². The van der Waals surface area contributed by atoms with Crippen molar-refractivity contribution in [3.8, 4) is 5.69 Å². The maximum atomic E-state index is 12.5. The van der Waals surface area contributed by atoms with Crippen molar-refractivity contribution in [2.24, 2.45) is 0 Å². The Balaban J connectivity index is 2.07. The summed E-state index contributed by atoms with van der Waals surface area (Å²) in [6.45, 7) is 0. The molecule has 5 nitrogen and oxygen atoms in total. The molecule has 3 aromatic rings. The number of hydrogen-bond acceptors (Lipinski definition) is 5. The Morgan fingerprint density at radius 2 is 2.09 bits per heavy atom. The number of anilines is 1. The monoisotopic (exact) mass is 332 g/mol. The molecule has 2 aromatic heterocycles. The van der Waals surface area contributed by atoms with Crippen molar-refractivity contribution in [3.05, 3.63) is 44.8 Å². The Hall–Kier alpha value is -1.92. The van der Waals surface area contributed by atoms with Crippen LogP contribution in [-0.4, -0.2) is 21.6 Å². The van der Waals surface area contributed by atoms with Crippen molar-refractivity contribution in [1.29, 1.82) is 0 Å². The van der Waals surface area contributed by atoms with Crippen molar-refractivity contribution in [1.82, 2.24) is 14.5 Å². The van der Waals surface area contributed by atoms with Crippen molar-refractivity contribution in [2.75, 3.05) is 12.4 Å². The van der Waals surface area contributed by atoms with Crippen LogP contribution in [0.4, 0.5) is 5.82 Å². The summed E-state index contributed by atoms with van der Waals surface area (Å²) in [7, 11) is 1.76. The first-order valence-electron chi connectivity index (χ1n) is 7.05. The van der Waals surface area contributed by atoms with Crippen LogP contribution in [0, 0.1) is 0 Å². The first-order chi connectivity index (χ1) is 10.7. The zero-order chi connectivity index (χ0) is 15.3. The van der Waals surface area contributed by atoms with Gasteiger partial charge in [0.05, 0.1) is 15.7 Å². The highest BCUT2D eigenvalue weighted by Crippen LogP contribution is 2.44. The number of nitrogens with zero attached hydrogens (tertiary/aromatic N) is 3. The molecule has 0 bridgehead atoms. The molecule has 1 aliphatic carbocycles. The van der Waals surface area contributed by atoms with Gasteiger partial charge in [0.15, 0.2) is 11.5 Å². The van der Waals surface area contributed by atoms with E-state index in [0.29, 0.717) is 28.1 Å². The van der Waals surface area contributed by atoms with Crippen molar-refractivity contribution in [2.45, 2.75) is 18.8 Å². The molecule has 4 rings (SSSR count). The van der Waals surface area contributed by atoms with Crippen LogP contribution in [0.5, 0.6) is 0 Å². The lowest BCUT2D eigenvalue weighted by Gasteiger charge is -2.09. The number of nitrogens with one attached hydrogen (secondary N) is 1. The van der Waals surface area contributed by atoms with Crippen LogP contribution in [0.15, 0.2) is 29.1 Å². The van der Waals surface area contributed by atoms with E-state index < -0.39 is 0 Å². The van der Waals surface area contributed by atoms with Crippen LogP contribution in [0.2, 0.25) is 5.02 Å². The number of hydrogen-bond donors (Lipinski definition) is 1. The summed E-state index contributed by atoms with van der Waals surface area (Å²) in [4.78, 5) is 21.3. The van der Waals surface area contributed by atoms with E-state index in [0.717, 1.165) is 9.71 Å². The van der Waals surface area contributed by atoms with Gasteiger partial charge in [-0.25, -0.2) is 14.3 Å². The minimum Gasteiger partial charge on any atom is -0.372 e. The van der Waals surface area contributed by atoms with Crippen LogP contribution in [0.1, 0.15) is 23.8 Å². The van der Waals surface area contributed by atoms with Gasteiger partial charge in [-0.1, -0.05) is 23.7 Å². The Bertz CT molecular complexity index is 929. The zero-order valence-corrected chi connectivity index (χ0v) is 13.4. The van der Waals surface area contributed by atoms with Crippen LogP contribution in [-0.2, 0) is 0 Å². The topological polar surface area (TPSA) is 59.8 Å². The highest BCUT2D eigenvalue weighted by molar-refractivity contribution is 7.19. The van der Waals surface area contributed by atoms with E-state index in [9.17, 15) is 4.79 Å². The first kappa shape index (κ1) is 13.7. The Morgan fingerprint density at radius 3 is 2.77 bits per heavy atom. The summed E-state index contributed by atoms with van der Waals surface area (Å²) < 4.78 is 2.39. The number of benzene rings is 1. The van der Waals surface area contributed by atoms with Crippen molar-refractivity contribution >= 4 is 39.1 Å². The molecule has 1 aliphatic rings. The molecule has 22 heavy (non-hydrogen) atoms. The van der Waals surface area contributed by atoms with E-state index in [2.05, 4.69) is 10.3 Å². The Morgan fingerprint density at radius 1 is 1.32 bits per heavy atom. The minimum absolute atomic E-state index is 0.377. The predicted molar refractivity (Wildman–Crippen MR) is 89.5 cm³/mol. The smallest absolute Gasteiger partial charge is 0.355 e. The molecule has 1 saturated carbocycles. The molecule has 1 N–H and O–H groups in total. The number of fused-ring (bicyclic) bond motifs is 1. The van der Waals surface area contributed by atoms with E-state index in [1.54, 1.807) is 30.5 Å². The van der Waals surface area contributed by atoms with Crippen LogP contribution in [0.25, 0.3) is 16.0 Å². The average Bonchev–Trinajstić information content (AvgIpc) is 3.27. The van der Waals surface area contributed by atoms with Gasteiger partial charge in [0.1, 0.15) is 4.70 Å². The van der Waals surface area contributed by atoms with Gasteiger partial charge in [0.25, 0.3) is 0 Å². The largest absolute Gasteiger partial charge is 0.372 e. The standard InChI is InChI=1S/C15H13ClN4OS/c1-17-12-11-13(19-14(22-11)8-6-7-8)20(15(21)18-12)10-5-3-2-4-9(10)16/h2-5,8H,6-7H2,1H3,(H,17,18,21). The number of halogens is 1. The van der Waals surface area contributed by atoms with Gasteiger partial charge >= 0.3 is 5.69 Å². The third-order valence-corrected chi connectivity index (χ3v) is 5.24. The van der Waals surface area contributed by atoms with E-state index in [4.69, 9.17) is 16.6 Å². The lowest BCUT2D eigenvalue weighted by atomic mass is 10.3. The SMILES string of the molecule is CNc1nc(=O)n(-c2ccccc2Cl)c2nc(C3CC3)sc12. The van der Waals surface area contributed by atoms with Gasteiger partial charge < -0.3 is 5.32 Å². The summed E-state index contributed by atoms with van der Waals surface area (Å²) >= 11 is 7.86. The molecule has 0 spiro atoms. The fourth-order valence-corrected chi connectivity index (χ4v) is 3.88. The number of rotatable bonds is 3. The summed E-state index contributed by atoms with van der Waals surface area (Å²) in [6.07, 6.45) is 2.33. The van der Waals surface area contributed by atoms with Crippen molar-refractivity contribution < 1.29 is 0 Å². The third-order valence-electron chi connectivity index (χ3n) is 3.71. The molecule has 7 heteroatoms. The molecular formula is C15H13ClN4OS. The Labute approximate surface area is 135 Å². The fourth-order valence-electron chi connectivity index (χ4n) is 2.45.